The van der Waals surface area contributed by atoms with Gasteiger partial charge < -0.3 is 5.32 Å². The van der Waals surface area contributed by atoms with E-state index in [0.29, 0.717) is 25.0 Å². The zero-order valence-electron chi connectivity index (χ0n) is 9.32. The second kappa shape index (κ2) is 6.59. The van der Waals surface area contributed by atoms with Crippen molar-refractivity contribution in [2.24, 2.45) is 0 Å². The van der Waals surface area contributed by atoms with Crippen molar-refractivity contribution >= 4 is 11.8 Å². The minimum atomic E-state index is -0.0232. The molecular weight excluding hydrogens is 202 g/mol. The number of carbonyl (C=O) groups is 1. The second-order valence-electron chi connectivity index (χ2n) is 3.64. The summed E-state index contributed by atoms with van der Waals surface area (Å²) in [6, 6.07) is 9.55. The summed E-state index contributed by atoms with van der Waals surface area (Å²) in [4.78, 5) is 21.7. The molecule has 0 aliphatic rings. The number of carbonyl (C=O) groups excluding carboxylic acids is 2. The van der Waals surface area contributed by atoms with E-state index in [1.165, 1.54) is 0 Å². The lowest BCUT2D eigenvalue weighted by molar-refractivity contribution is -0.120. The van der Waals surface area contributed by atoms with Gasteiger partial charge in [0.1, 0.15) is 5.94 Å². The molecule has 1 aromatic carbocycles. The maximum Gasteiger partial charge on any atom is 0.224 e. The number of hydrogen-bond acceptors (Lipinski definition) is 2. The molecule has 0 aromatic heterocycles. The first kappa shape index (κ1) is 12.2. The monoisotopic (exact) mass is 217 g/mol. The molecule has 0 atom stereocenters. The van der Waals surface area contributed by atoms with E-state index in [4.69, 9.17) is 0 Å². The van der Waals surface area contributed by atoms with Crippen LogP contribution in [-0.4, -0.2) is 18.4 Å². The van der Waals surface area contributed by atoms with Gasteiger partial charge in [-0.25, -0.2) is 4.79 Å². The molecule has 0 saturated heterocycles. The van der Waals surface area contributed by atoms with Gasteiger partial charge in [0.2, 0.25) is 5.91 Å². The first-order chi connectivity index (χ1) is 7.72. The Morgan fingerprint density at radius 3 is 2.62 bits per heavy atom. The van der Waals surface area contributed by atoms with Crippen LogP contribution >= 0.6 is 0 Å². The first-order valence-corrected chi connectivity index (χ1v) is 5.23. The molecule has 1 N–H and O–H groups in total. The molecular formula is C13H15NO2. The van der Waals surface area contributed by atoms with E-state index in [1.54, 1.807) is 12.9 Å². The predicted molar refractivity (Wildman–Crippen MR) is 62.7 cm³/mol. The third-order valence-electron chi connectivity index (χ3n) is 2.20. The molecule has 0 fully saturated rings. The number of amides is 1. The fraction of sp³-hybridized carbons (Fsp3) is 0.308. The zero-order chi connectivity index (χ0) is 11.8. The lowest BCUT2D eigenvalue weighted by atomic mass is 10.1. The van der Waals surface area contributed by atoms with Gasteiger partial charge in [0.05, 0.1) is 6.42 Å². The van der Waals surface area contributed by atoms with Crippen LogP contribution in [0.5, 0.6) is 0 Å². The zero-order valence-corrected chi connectivity index (χ0v) is 9.32. The summed E-state index contributed by atoms with van der Waals surface area (Å²) >= 11 is 0. The van der Waals surface area contributed by atoms with Crippen LogP contribution in [-0.2, 0) is 16.0 Å². The number of benzene rings is 1. The highest BCUT2D eigenvalue weighted by Crippen LogP contribution is 1.99. The molecule has 1 rings (SSSR count). The molecule has 1 aromatic rings. The van der Waals surface area contributed by atoms with Crippen molar-refractivity contribution in [3.8, 4) is 0 Å². The highest BCUT2D eigenvalue weighted by atomic mass is 16.1. The summed E-state index contributed by atoms with van der Waals surface area (Å²) in [6.07, 6.45) is 0.939. The van der Waals surface area contributed by atoms with E-state index < -0.39 is 0 Å². The van der Waals surface area contributed by atoms with Crippen LogP contribution in [0.2, 0.25) is 0 Å². The second-order valence-corrected chi connectivity index (χ2v) is 3.64. The molecule has 3 heteroatoms. The quantitative estimate of drug-likeness (QED) is 0.760. The van der Waals surface area contributed by atoms with Crippen molar-refractivity contribution in [2.45, 2.75) is 19.8 Å². The summed E-state index contributed by atoms with van der Waals surface area (Å²) in [5.74, 6) is 1.78. The van der Waals surface area contributed by atoms with Gasteiger partial charge in [-0.15, -0.1) is 0 Å². The van der Waals surface area contributed by atoms with Crippen LogP contribution in [0.1, 0.15) is 18.9 Å². The summed E-state index contributed by atoms with van der Waals surface area (Å²) in [7, 11) is 0. The van der Waals surface area contributed by atoms with Gasteiger partial charge in [-0.2, -0.15) is 0 Å². The van der Waals surface area contributed by atoms with Gasteiger partial charge in [-0.3, -0.25) is 4.79 Å². The van der Waals surface area contributed by atoms with Crippen LogP contribution in [0.4, 0.5) is 0 Å². The Labute approximate surface area is 95.2 Å². The molecule has 84 valence electrons. The van der Waals surface area contributed by atoms with Gasteiger partial charge in [0, 0.05) is 12.1 Å². The van der Waals surface area contributed by atoms with Crippen molar-refractivity contribution < 1.29 is 9.59 Å². The maximum absolute atomic E-state index is 11.5. The Hall–Kier alpha value is -1.86. The van der Waals surface area contributed by atoms with Gasteiger partial charge in [-0.1, -0.05) is 30.3 Å². The third-order valence-corrected chi connectivity index (χ3v) is 2.20. The van der Waals surface area contributed by atoms with Gasteiger partial charge >= 0.3 is 0 Å². The first-order valence-electron chi connectivity index (χ1n) is 5.23. The van der Waals surface area contributed by atoms with Gasteiger partial charge in [0.25, 0.3) is 0 Å². The molecule has 3 nitrogen and oxygen atoms in total. The van der Waals surface area contributed by atoms with Crippen LogP contribution in [0.25, 0.3) is 0 Å². The van der Waals surface area contributed by atoms with Crippen molar-refractivity contribution in [3.05, 3.63) is 41.5 Å². The molecule has 0 unspecified atom stereocenters. The molecule has 0 spiro atoms. The van der Waals surface area contributed by atoms with Crippen LogP contribution in [0.15, 0.2) is 35.9 Å². The lowest BCUT2D eigenvalue weighted by Gasteiger charge is -2.04. The van der Waals surface area contributed by atoms with Crippen molar-refractivity contribution in [3.63, 3.8) is 0 Å². The Morgan fingerprint density at radius 1 is 1.31 bits per heavy atom. The maximum atomic E-state index is 11.5. The largest absolute Gasteiger partial charge is 0.355 e. The third kappa shape index (κ3) is 4.58. The highest BCUT2D eigenvalue weighted by Gasteiger charge is 2.01. The van der Waals surface area contributed by atoms with Crippen molar-refractivity contribution in [1.29, 1.82) is 0 Å². The average molecular weight is 217 g/mol. The Morgan fingerprint density at radius 2 is 2.00 bits per heavy atom. The molecule has 0 heterocycles. The predicted octanol–water partition coefficient (Wildman–Crippen LogP) is 1.51. The van der Waals surface area contributed by atoms with Crippen molar-refractivity contribution in [1.82, 2.24) is 5.32 Å². The summed E-state index contributed by atoms with van der Waals surface area (Å²) < 4.78 is 0. The smallest absolute Gasteiger partial charge is 0.224 e. The minimum absolute atomic E-state index is 0.0232. The molecule has 1 amide bonds. The normalized spacial score (nSPS) is 9.31. The molecule has 0 aliphatic carbocycles. The Balaban J connectivity index is 2.29. The molecule has 0 radical (unpaired) electrons. The summed E-state index contributed by atoms with van der Waals surface area (Å²) in [5.41, 5.74) is 1.61. The topological polar surface area (TPSA) is 46.2 Å². The fourth-order valence-electron chi connectivity index (χ4n) is 1.28. The number of rotatable bonds is 5. The minimum Gasteiger partial charge on any atom is -0.355 e. The van der Waals surface area contributed by atoms with Crippen LogP contribution in [0.3, 0.4) is 0 Å². The number of hydrogen-bond donors (Lipinski definition) is 1. The fourth-order valence-corrected chi connectivity index (χ4v) is 1.28. The van der Waals surface area contributed by atoms with E-state index in [1.807, 2.05) is 30.3 Å². The van der Waals surface area contributed by atoms with E-state index in [2.05, 4.69) is 5.32 Å². The Bertz CT molecular complexity index is 392. The van der Waals surface area contributed by atoms with E-state index >= 15 is 0 Å². The SMILES string of the molecule is CC(=C=O)CCNC(=O)Cc1ccccc1. The Kier molecular flexibility index (Phi) is 5.03. The van der Waals surface area contributed by atoms with E-state index in [9.17, 15) is 9.59 Å². The van der Waals surface area contributed by atoms with E-state index in [0.717, 1.165) is 5.56 Å². The van der Waals surface area contributed by atoms with Gasteiger partial charge in [0.15, 0.2) is 0 Å². The van der Waals surface area contributed by atoms with Crippen LogP contribution < -0.4 is 5.32 Å². The number of nitrogens with one attached hydrogen (secondary N) is 1. The van der Waals surface area contributed by atoms with E-state index in [-0.39, 0.29) is 5.91 Å². The highest BCUT2D eigenvalue weighted by molar-refractivity contribution is 5.78. The molecule has 0 aliphatic heterocycles. The van der Waals surface area contributed by atoms with Crippen molar-refractivity contribution in [2.75, 3.05) is 6.54 Å². The standard InChI is InChI=1S/C13H15NO2/c1-11(10-15)7-8-14-13(16)9-12-5-3-2-4-6-12/h2-6H,7-9H2,1H3,(H,14,16). The summed E-state index contributed by atoms with van der Waals surface area (Å²) in [6.45, 7) is 2.20. The van der Waals surface area contributed by atoms with Gasteiger partial charge in [-0.05, 0) is 18.9 Å². The molecule has 16 heavy (non-hydrogen) atoms. The average Bonchev–Trinajstić information content (AvgIpc) is 2.30. The summed E-state index contributed by atoms with van der Waals surface area (Å²) in [5, 5.41) is 2.76. The lowest BCUT2D eigenvalue weighted by Crippen LogP contribution is -2.26. The molecule has 0 bridgehead atoms. The van der Waals surface area contributed by atoms with Crippen LogP contribution in [0, 0.1) is 0 Å². The molecule has 0 saturated carbocycles.